The lowest BCUT2D eigenvalue weighted by atomic mass is 9.95. The van der Waals surface area contributed by atoms with E-state index in [2.05, 4.69) is 48.9 Å². The van der Waals surface area contributed by atoms with E-state index < -0.39 is 0 Å². The first-order valence-electron chi connectivity index (χ1n) is 6.50. The molecule has 1 atom stereocenters. The van der Waals surface area contributed by atoms with Crippen LogP contribution in [0.15, 0.2) is 22.7 Å². The molecule has 18 heavy (non-hydrogen) atoms. The molecule has 0 aliphatic heterocycles. The molecular formula is C15H23BrFN. The van der Waals surface area contributed by atoms with Crippen LogP contribution in [0.2, 0.25) is 0 Å². The Kier molecular flexibility index (Phi) is 5.80. The lowest BCUT2D eigenvalue weighted by molar-refractivity contribution is 0.362. The van der Waals surface area contributed by atoms with Gasteiger partial charge < -0.3 is 5.32 Å². The van der Waals surface area contributed by atoms with Crippen molar-refractivity contribution >= 4 is 15.9 Å². The van der Waals surface area contributed by atoms with Crippen LogP contribution in [-0.2, 0) is 6.42 Å². The van der Waals surface area contributed by atoms with Crippen molar-refractivity contribution in [1.29, 1.82) is 0 Å². The molecule has 3 heteroatoms. The highest BCUT2D eigenvalue weighted by molar-refractivity contribution is 9.10. The van der Waals surface area contributed by atoms with Crippen molar-refractivity contribution in [2.75, 3.05) is 6.54 Å². The SMILES string of the molecule is CCC(CNC(C)(C)C)Cc1cc(F)ccc1Br. The molecule has 0 aromatic heterocycles. The van der Waals surface area contributed by atoms with Gasteiger partial charge >= 0.3 is 0 Å². The normalized spacial score (nSPS) is 13.7. The molecule has 0 amide bonds. The van der Waals surface area contributed by atoms with Crippen molar-refractivity contribution in [3.63, 3.8) is 0 Å². The Morgan fingerprint density at radius 1 is 1.33 bits per heavy atom. The molecule has 0 spiro atoms. The molecule has 1 nitrogen and oxygen atoms in total. The summed E-state index contributed by atoms with van der Waals surface area (Å²) in [5.41, 5.74) is 1.18. The number of rotatable bonds is 5. The summed E-state index contributed by atoms with van der Waals surface area (Å²) in [6.45, 7) is 9.64. The van der Waals surface area contributed by atoms with Gasteiger partial charge in [-0.3, -0.25) is 0 Å². The third-order valence-corrected chi connectivity index (χ3v) is 3.79. The fourth-order valence-electron chi connectivity index (χ4n) is 1.82. The van der Waals surface area contributed by atoms with Crippen molar-refractivity contribution in [2.45, 2.75) is 46.1 Å². The van der Waals surface area contributed by atoms with Crippen LogP contribution in [0.5, 0.6) is 0 Å². The number of hydrogen-bond acceptors (Lipinski definition) is 1. The number of benzene rings is 1. The summed E-state index contributed by atoms with van der Waals surface area (Å²) in [6.07, 6.45) is 1.99. The van der Waals surface area contributed by atoms with Crippen molar-refractivity contribution in [3.8, 4) is 0 Å². The Hall–Kier alpha value is -0.410. The zero-order valence-electron chi connectivity index (χ0n) is 11.7. The van der Waals surface area contributed by atoms with Crippen LogP contribution in [0.25, 0.3) is 0 Å². The van der Waals surface area contributed by atoms with Crippen LogP contribution >= 0.6 is 15.9 Å². The third kappa shape index (κ3) is 5.49. The second kappa shape index (κ2) is 6.67. The average molecular weight is 316 g/mol. The van der Waals surface area contributed by atoms with Gasteiger partial charge in [0, 0.05) is 10.0 Å². The van der Waals surface area contributed by atoms with Crippen LogP contribution in [0.1, 0.15) is 39.7 Å². The van der Waals surface area contributed by atoms with E-state index in [-0.39, 0.29) is 11.4 Å². The zero-order valence-corrected chi connectivity index (χ0v) is 13.3. The maximum Gasteiger partial charge on any atom is 0.123 e. The predicted molar refractivity (Wildman–Crippen MR) is 79.3 cm³/mol. The first kappa shape index (κ1) is 15.6. The Morgan fingerprint density at radius 2 is 2.00 bits per heavy atom. The zero-order chi connectivity index (χ0) is 13.8. The fourth-order valence-corrected chi connectivity index (χ4v) is 2.23. The van der Waals surface area contributed by atoms with Crippen molar-refractivity contribution in [2.24, 2.45) is 5.92 Å². The maximum absolute atomic E-state index is 13.2. The van der Waals surface area contributed by atoms with Gasteiger partial charge in [-0.1, -0.05) is 29.3 Å². The fraction of sp³-hybridized carbons (Fsp3) is 0.600. The Morgan fingerprint density at radius 3 is 2.56 bits per heavy atom. The summed E-state index contributed by atoms with van der Waals surface area (Å²) in [6, 6.07) is 4.90. The van der Waals surface area contributed by atoms with Crippen LogP contribution < -0.4 is 5.32 Å². The number of halogens is 2. The molecule has 0 fully saturated rings. The molecule has 0 aliphatic carbocycles. The lowest BCUT2D eigenvalue weighted by Gasteiger charge is -2.25. The first-order valence-corrected chi connectivity index (χ1v) is 7.30. The van der Waals surface area contributed by atoms with Gasteiger partial charge in [-0.25, -0.2) is 4.39 Å². The monoisotopic (exact) mass is 315 g/mol. The topological polar surface area (TPSA) is 12.0 Å². The van der Waals surface area contributed by atoms with E-state index in [0.717, 1.165) is 29.4 Å². The molecule has 1 rings (SSSR count). The largest absolute Gasteiger partial charge is 0.312 e. The highest BCUT2D eigenvalue weighted by Crippen LogP contribution is 2.22. The van der Waals surface area contributed by atoms with Crippen LogP contribution in [0.3, 0.4) is 0 Å². The molecule has 1 aromatic carbocycles. The number of hydrogen-bond donors (Lipinski definition) is 1. The minimum Gasteiger partial charge on any atom is -0.312 e. The summed E-state index contributed by atoms with van der Waals surface area (Å²) >= 11 is 3.49. The van der Waals surface area contributed by atoms with Gasteiger partial charge in [0.25, 0.3) is 0 Å². The molecule has 0 radical (unpaired) electrons. The van der Waals surface area contributed by atoms with Gasteiger partial charge in [0.05, 0.1) is 0 Å². The molecule has 102 valence electrons. The minimum atomic E-state index is -0.160. The van der Waals surface area contributed by atoms with Gasteiger partial charge in [-0.15, -0.1) is 0 Å². The lowest BCUT2D eigenvalue weighted by Crippen LogP contribution is -2.39. The van der Waals surface area contributed by atoms with E-state index in [9.17, 15) is 4.39 Å². The van der Waals surface area contributed by atoms with Gasteiger partial charge in [-0.05, 0) is 63.4 Å². The van der Waals surface area contributed by atoms with Crippen LogP contribution in [-0.4, -0.2) is 12.1 Å². The van der Waals surface area contributed by atoms with Gasteiger partial charge in [0.2, 0.25) is 0 Å². The van der Waals surface area contributed by atoms with E-state index in [1.54, 1.807) is 12.1 Å². The molecule has 0 aliphatic rings. The Bertz CT molecular complexity index is 385. The molecule has 1 unspecified atom stereocenters. The van der Waals surface area contributed by atoms with Gasteiger partial charge in [0.15, 0.2) is 0 Å². The van der Waals surface area contributed by atoms with Crippen LogP contribution in [0.4, 0.5) is 4.39 Å². The van der Waals surface area contributed by atoms with Crippen molar-refractivity contribution < 1.29 is 4.39 Å². The quantitative estimate of drug-likeness (QED) is 0.840. The highest BCUT2D eigenvalue weighted by Gasteiger charge is 2.14. The van der Waals surface area contributed by atoms with Gasteiger partial charge in [0.1, 0.15) is 5.82 Å². The maximum atomic E-state index is 13.2. The smallest absolute Gasteiger partial charge is 0.123 e. The molecule has 1 N–H and O–H groups in total. The minimum absolute atomic E-state index is 0.132. The summed E-state index contributed by atoms with van der Waals surface area (Å²) < 4.78 is 14.2. The van der Waals surface area contributed by atoms with Crippen molar-refractivity contribution in [1.82, 2.24) is 5.32 Å². The molecule has 0 bridgehead atoms. The Labute approximate surface area is 118 Å². The van der Waals surface area contributed by atoms with E-state index in [4.69, 9.17) is 0 Å². The third-order valence-electron chi connectivity index (χ3n) is 3.01. The standard InChI is InChI=1S/C15H23BrFN/c1-5-11(10-18-15(2,3)4)8-12-9-13(17)6-7-14(12)16/h6-7,9,11,18H,5,8,10H2,1-4H3. The second-order valence-electron chi connectivity index (χ2n) is 5.85. The molecule has 0 heterocycles. The molecule has 1 aromatic rings. The molecule has 0 saturated heterocycles. The first-order chi connectivity index (χ1) is 8.31. The second-order valence-corrected chi connectivity index (χ2v) is 6.70. The van der Waals surface area contributed by atoms with E-state index in [1.165, 1.54) is 6.07 Å². The molecular weight excluding hydrogens is 293 g/mol. The summed E-state index contributed by atoms with van der Waals surface area (Å²) in [5.74, 6) is 0.370. The average Bonchev–Trinajstić information content (AvgIpc) is 2.27. The number of nitrogens with one attached hydrogen (secondary N) is 1. The summed E-state index contributed by atoms with van der Waals surface area (Å²) in [5, 5.41) is 3.52. The predicted octanol–water partition coefficient (Wildman–Crippen LogP) is 4.55. The highest BCUT2D eigenvalue weighted by atomic mass is 79.9. The van der Waals surface area contributed by atoms with E-state index in [0.29, 0.717) is 5.92 Å². The summed E-state index contributed by atoms with van der Waals surface area (Å²) in [4.78, 5) is 0. The summed E-state index contributed by atoms with van der Waals surface area (Å²) in [7, 11) is 0. The van der Waals surface area contributed by atoms with E-state index >= 15 is 0 Å². The van der Waals surface area contributed by atoms with Gasteiger partial charge in [-0.2, -0.15) is 0 Å². The van der Waals surface area contributed by atoms with Crippen molar-refractivity contribution in [3.05, 3.63) is 34.1 Å². The van der Waals surface area contributed by atoms with Crippen LogP contribution in [0, 0.1) is 11.7 Å². The Balaban J connectivity index is 2.65. The van der Waals surface area contributed by atoms with E-state index in [1.807, 2.05) is 0 Å². The molecule has 0 saturated carbocycles.